The molecule has 2 aromatic carbocycles. The van der Waals surface area contributed by atoms with Gasteiger partial charge in [-0.1, -0.05) is 32.0 Å². The number of amides is 1. The van der Waals surface area contributed by atoms with Crippen molar-refractivity contribution in [3.63, 3.8) is 0 Å². The van der Waals surface area contributed by atoms with Gasteiger partial charge in [0.2, 0.25) is 0 Å². The normalized spacial score (nSPS) is 10.9. The highest BCUT2D eigenvalue weighted by Crippen LogP contribution is 2.28. The lowest BCUT2D eigenvalue weighted by molar-refractivity contribution is 0.0951. The fraction of sp³-hybridized carbons (Fsp3) is 0.318. The first-order valence-corrected chi connectivity index (χ1v) is 10.3. The largest absolute Gasteiger partial charge is 0.430 e. The Hall–Kier alpha value is -2.80. The number of aryl methyl sites for hydroxylation is 1. The lowest BCUT2D eigenvalue weighted by Crippen LogP contribution is -2.25. The topological polar surface area (TPSA) is 64.1 Å². The molecule has 0 spiro atoms. The molecule has 0 saturated carbocycles. The van der Waals surface area contributed by atoms with Crippen molar-refractivity contribution in [1.82, 2.24) is 14.7 Å². The SMILES string of the molecule is Cc1ccc(C(=O)NCCC(C)C)cc1Oc1nc(Cc2ccc(F)cc2)ns1. The van der Waals surface area contributed by atoms with Crippen LogP contribution in [-0.2, 0) is 6.42 Å². The van der Waals surface area contributed by atoms with Crippen molar-refractivity contribution in [3.05, 3.63) is 70.8 Å². The van der Waals surface area contributed by atoms with Gasteiger partial charge in [-0.2, -0.15) is 9.36 Å². The number of nitrogens with zero attached hydrogens (tertiary/aromatic N) is 2. The highest BCUT2D eigenvalue weighted by Gasteiger charge is 2.12. The van der Waals surface area contributed by atoms with Crippen LogP contribution in [0.4, 0.5) is 4.39 Å². The van der Waals surface area contributed by atoms with Crippen molar-refractivity contribution < 1.29 is 13.9 Å². The second-order valence-electron chi connectivity index (χ2n) is 7.30. The van der Waals surface area contributed by atoms with Crippen LogP contribution in [0.1, 0.15) is 47.6 Å². The second kappa shape index (κ2) is 9.60. The highest BCUT2D eigenvalue weighted by molar-refractivity contribution is 7.07. The predicted molar refractivity (Wildman–Crippen MR) is 112 cm³/mol. The number of hydrogen-bond acceptors (Lipinski definition) is 5. The molecular weight excluding hydrogens is 389 g/mol. The van der Waals surface area contributed by atoms with Crippen LogP contribution >= 0.6 is 11.5 Å². The van der Waals surface area contributed by atoms with Crippen LogP contribution < -0.4 is 10.1 Å². The quantitative estimate of drug-likeness (QED) is 0.555. The summed E-state index contributed by atoms with van der Waals surface area (Å²) in [6.07, 6.45) is 1.43. The molecular formula is C22H24FN3O2S. The maximum atomic E-state index is 13.0. The van der Waals surface area contributed by atoms with Crippen molar-refractivity contribution in [2.24, 2.45) is 5.92 Å². The summed E-state index contributed by atoms with van der Waals surface area (Å²) in [6, 6.07) is 11.6. The van der Waals surface area contributed by atoms with Crippen molar-refractivity contribution in [2.45, 2.75) is 33.6 Å². The first kappa shape index (κ1) is 20.9. The van der Waals surface area contributed by atoms with Gasteiger partial charge in [0.1, 0.15) is 11.6 Å². The fourth-order valence-electron chi connectivity index (χ4n) is 2.66. The summed E-state index contributed by atoms with van der Waals surface area (Å²) in [5.41, 5.74) is 2.37. The molecule has 0 unspecified atom stereocenters. The maximum absolute atomic E-state index is 13.0. The summed E-state index contributed by atoms with van der Waals surface area (Å²) in [7, 11) is 0. The number of benzene rings is 2. The van der Waals surface area contributed by atoms with Gasteiger partial charge in [-0.05, 0) is 54.7 Å². The van der Waals surface area contributed by atoms with Crippen molar-refractivity contribution in [1.29, 1.82) is 0 Å². The van der Waals surface area contributed by atoms with Crippen LogP contribution in [0, 0.1) is 18.7 Å². The van der Waals surface area contributed by atoms with E-state index in [2.05, 4.69) is 28.5 Å². The van der Waals surface area contributed by atoms with Crippen LogP contribution in [-0.4, -0.2) is 21.8 Å². The summed E-state index contributed by atoms with van der Waals surface area (Å²) in [5.74, 6) is 1.33. The van der Waals surface area contributed by atoms with Gasteiger partial charge in [0.25, 0.3) is 11.1 Å². The Morgan fingerprint density at radius 3 is 2.69 bits per heavy atom. The summed E-state index contributed by atoms with van der Waals surface area (Å²) < 4.78 is 23.2. The number of nitrogens with one attached hydrogen (secondary N) is 1. The van der Waals surface area contributed by atoms with Gasteiger partial charge in [-0.25, -0.2) is 4.39 Å². The molecule has 3 rings (SSSR count). The summed E-state index contributed by atoms with van der Waals surface area (Å²) in [4.78, 5) is 16.8. The highest BCUT2D eigenvalue weighted by atomic mass is 32.1. The maximum Gasteiger partial charge on any atom is 0.298 e. The van der Waals surface area contributed by atoms with Crippen LogP contribution in [0.5, 0.6) is 10.9 Å². The molecule has 152 valence electrons. The average Bonchev–Trinajstić information content (AvgIpc) is 3.12. The lowest BCUT2D eigenvalue weighted by atomic mass is 10.1. The molecule has 0 fully saturated rings. The molecule has 5 nitrogen and oxygen atoms in total. The summed E-state index contributed by atoms with van der Waals surface area (Å²) in [6.45, 7) is 6.80. The molecule has 1 amide bonds. The van der Waals surface area contributed by atoms with Crippen LogP contribution in [0.25, 0.3) is 0 Å². The second-order valence-corrected chi connectivity index (χ2v) is 8.01. The van der Waals surface area contributed by atoms with Gasteiger partial charge in [0.15, 0.2) is 5.82 Å². The third-order valence-corrected chi connectivity index (χ3v) is 5.01. The summed E-state index contributed by atoms with van der Waals surface area (Å²) in [5, 5.41) is 3.33. The molecule has 29 heavy (non-hydrogen) atoms. The van der Waals surface area contributed by atoms with Crippen LogP contribution in [0.15, 0.2) is 42.5 Å². The molecule has 0 aliphatic carbocycles. The molecule has 0 saturated heterocycles. The molecule has 1 aromatic heterocycles. The number of rotatable bonds is 8. The van der Waals surface area contributed by atoms with Crippen molar-refractivity contribution in [2.75, 3.05) is 6.54 Å². The van der Waals surface area contributed by atoms with Gasteiger partial charge < -0.3 is 10.1 Å². The van der Waals surface area contributed by atoms with E-state index in [0.29, 0.717) is 41.2 Å². The molecule has 7 heteroatoms. The van der Waals surface area contributed by atoms with Gasteiger partial charge in [0, 0.05) is 30.1 Å². The summed E-state index contributed by atoms with van der Waals surface area (Å²) >= 11 is 1.15. The third kappa shape index (κ3) is 6.09. The standard InChI is InChI=1S/C22H24FN3O2S/c1-14(2)10-11-24-21(27)17-7-4-15(3)19(13-17)28-22-25-20(26-29-22)12-16-5-8-18(23)9-6-16/h4-9,13-14H,10-12H2,1-3H3,(H,24,27). The molecule has 0 aliphatic rings. The molecule has 0 bridgehead atoms. The molecule has 1 heterocycles. The zero-order valence-corrected chi connectivity index (χ0v) is 17.6. The molecule has 3 aromatic rings. The Kier molecular flexibility index (Phi) is 6.93. The molecule has 0 aliphatic heterocycles. The van der Waals surface area contributed by atoms with Gasteiger partial charge in [0.05, 0.1) is 0 Å². The van der Waals surface area contributed by atoms with E-state index in [1.54, 1.807) is 24.3 Å². The van der Waals surface area contributed by atoms with E-state index in [1.807, 2.05) is 13.0 Å². The Morgan fingerprint density at radius 1 is 1.21 bits per heavy atom. The van der Waals surface area contributed by atoms with E-state index in [9.17, 15) is 9.18 Å². The van der Waals surface area contributed by atoms with Crippen LogP contribution in [0.2, 0.25) is 0 Å². The van der Waals surface area contributed by atoms with Gasteiger partial charge in [-0.15, -0.1) is 0 Å². The third-order valence-electron chi connectivity index (χ3n) is 4.38. The van der Waals surface area contributed by atoms with E-state index in [0.717, 1.165) is 29.1 Å². The number of carbonyl (C=O) groups excluding carboxylic acids is 1. The zero-order chi connectivity index (χ0) is 20.8. The Bertz CT molecular complexity index is 970. The number of halogens is 1. The Labute approximate surface area is 174 Å². The number of aromatic nitrogens is 2. The number of hydrogen-bond donors (Lipinski definition) is 1. The van der Waals surface area contributed by atoms with Gasteiger partial charge in [-0.3, -0.25) is 4.79 Å². The number of ether oxygens (including phenoxy) is 1. The van der Waals surface area contributed by atoms with Gasteiger partial charge >= 0.3 is 0 Å². The Morgan fingerprint density at radius 2 is 1.97 bits per heavy atom. The molecule has 1 N–H and O–H groups in total. The van der Waals surface area contributed by atoms with E-state index in [4.69, 9.17) is 4.74 Å². The lowest BCUT2D eigenvalue weighted by Gasteiger charge is -2.10. The monoisotopic (exact) mass is 413 g/mol. The average molecular weight is 414 g/mol. The fourth-order valence-corrected chi connectivity index (χ4v) is 3.22. The Balaban J connectivity index is 1.66. The smallest absolute Gasteiger partial charge is 0.298 e. The van der Waals surface area contributed by atoms with E-state index < -0.39 is 0 Å². The zero-order valence-electron chi connectivity index (χ0n) is 16.7. The van der Waals surface area contributed by atoms with E-state index in [-0.39, 0.29) is 11.7 Å². The minimum Gasteiger partial charge on any atom is -0.430 e. The predicted octanol–water partition coefficient (Wildman–Crippen LogP) is 5.14. The minimum atomic E-state index is -0.271. The van der Waals surface area contributed by atoms with Crippen molar-refractivity contribution >= 4 is 17.4 Å². The first-order chi connectivity index (χ1) is 13.9. The van der Waals surface area contributed by atoms with E-state index in [1.165, 1.54) is 12.1 Å². The van der Waals surface area contributed by atoms with Crippen molar-refractivity contribution in [3.8, 4) is 10.9 Å². The van der Waals surface area contributed by atoms with E-state index >= 15 is 0 Å². The minimum absolute atomic E-state index is 0.121. The van der Waals surface area contributed by atoms with Crippen LogP contribution in [0.3, 0.4) is 0 Å². The molecule has 0 atom stereocenters. The first-order valence-electron chi connectivity index (χ1n) is 9.54. The molecule has 0 radical (unpaired) electrons. The number of carbonyl (C=O) groups is 1.